The number of sulfonamides is 1. The van der Waals surface area contributed by atoms with E-state index in [0.29, 0.717) is 47.8 Å². The first-order chi connectivity index (χ1) is 13.5. The molecule has 0 aromatic heterocycles. The molecule has 2 aromatic rings. The van der Waals surface area contributed by atoms with Crippen LogP contribution < -0.4 is 9.62 Å². The van der Waals surface area contributed by atoms with E-state index < -0.39 is 10.0 Å². The number of nitrogens with one attached hydrogen (secondary N) is 1. The predicted octanol–water partition coefficient (Wildman–Crippen LogP) is 3.42. The van der Waals surface area contributed by atoms with Gasteiger partial charge in [0.15, 0.2) is 0 Å². The number of hydrogen-bond donors (Lipinski definition) is 1. The van der Waals surface area contributed by atoms with E-state index in [1.807, 2.05) is 0 Å². The Morgan fingerprint density at radius 3 is 2.57 bits per heavy atom. The summed E-state index contributed by atoms with van der Waals surface area (Å²) in [5.41, 5.74) is 1.73. The van der Waals surface area contributed by atoms with E-state index in [2.05, 4.69) is 5.32 Å². The SMILES string of the molecule is O=C(NCCSCc1ccccc1F)c1ccc(N2CCCCS2(=O)=O)cc1. The van der Waals surface area contributed by atoms with Gasteiger partial charge in [-0.25, -0.2) is 12.8 Å². The largest absolute Gasteiger partial charge is 0.351 e. The summed E-state index contributed by atoms with van der Waals surface area (Å²) in [6, 6.07) is 13.3. The third-order valence-electron chi connectivity index (χ3n) is 4.51. The lowest BCUT2D eigenvalue weighted by Crippen LogP contribution is -2.37. The second kappa shape index (κ2) is 9.43. The molecule has 0 bridgehead atoms. The van der Waals surface area contributed by atoms with E-state index in [0.717, 1.165) is 6.42 Å². The minimum Gasteiger partial charge on any atom is -0.351 e. The number of benzene rings is 2. The van der Waals surface area contributed by atoms with Crippen LogP contribution in [0.1, 0.15) is 28.8 Å². The summed E-state index contributed by atoms with van der Waals surface area (Å²) in [6.07, 6.45) is 1.53. The Balaban J connectivity index is 1.46. The summed E-state index contributed by atoms with van der Waals surface area (Å²) in [5.74, 6) is 0.972. The molecule has 5 nitrogen and oxygen atoms in total. The molecule has 0 aliphatic carbocycles. The maximum absolute atomic E-state index is 13.5. The average Bonchev–Trinajstić information content (AvgIpc) is 2.69. The lowest BCUT2D eigenvalue weighted by atomic mass is 10.2. The van der Waals surface area contributed by atoms with Gasteiger partial charge in [0.2, 0.25) is 10.0 Å². The zero-order valence-electron chi connectivity index (χ0n) is 15.4. The molecule has 1 amide bonds. The molecule has 28 heavy (non-hydrogen) atoms. The molecule has 1 N–H and O–H groups in total. The van der Waals surface area contributed by atoms with Crippen molar-refractivity contribution >= 4 is 33.4 Å². The minimum absolute atomic E-state index is 0.166. The van der Waals surface area contributed by atoms with Crippen LogP contribution in [0.4, 0.5) is 10.1 Å². The van der Waals surface area contributed by atoms with Crippen LogP contribution in [0, 0.1) is 5.82 Å². The van der Waals surface area contributed by atoms with Gasteiger partial charge in [0, 0.05) is 30.2 Å². The normalized spacial score (nSPS) is 16.0. The number of rotatable bonds is 7. The molecule has 8 heteroatoms. The van der Waals surface area contributed by atoms with Crippen LogP contribution in [0.5, 0.6) is 0 Å². The van der Waals surface area contributed by atoms with E-state index >= 15 is 0 Å². The molecular weight excluding hydrogens is 399 g/mol. The zero-order chi connectivity index (χ0) is 20.0. The molecule has 1 heterocycles. The van der Waals surface area contributed by atoms with Crippen molar-refractivity contribution in [3.63, 3.8) is 0 Å². The van der Waals surface area contributed by atoms with Crippen LogP contribution >= 0.6 is 11.8 Å². The summed E-state index contributed by atoms with van der Waals surface area (Å²) >= 11 is 1.55. The number of nitrogens with zero attached hydrogens (tertiary/aromatic N) is 1. The third kappa shape index (κ3) is 5.26. The Morgan fingerprint density at radius 1 is 1.11 bits per heavy atom. The van der Waals surface area contributed by atoms with Crippen LogP contribution in [-0.4, -0.2) is 38.9 Å². The Labute approximate surface area is 169 Å². The monoisotopic (exact) mass is 422 g/mol. The summed E-state index contributed by atoms with van der Waals surface area (Å²) in [7, 11) is -3.25. The van der Waals surface area contributed by atoms with Crippen molar-refractivity contribution in [1.29, 1.82) is 0 Å². The zero-order valence-corrected chi connectivity index (χ0v) is 17.1. The fraction of sp³-hybridized carbons (Fsp3) is 0.350. The van der Waals surface area contributed by atoms with Gasteiger partial charge in [-0.1, -0.05) is 18.2 Å². The first kappa shape index (κ1) is 20.7. The lowest BCUT2D eigenvalue weighted by molar-refractivity contribution is 0.0956. The molecule has 1 saturated heterocycles. The second-order valence-corrected chi connectivity index (χ2v) is 9.66. The van der Waals surface area contributed by atoms with Crippen molar-refractivity contribution in [3.8, 4) is 0 Å². The summed E-state index contributed by atoms with van der Waals surface area (Å²) in [6.45, 7) is 0.952. The number of halogens is 1. The fourth-order valence-electron chi connectivity index (χ4n) is 2.99. The van der Waals surface area contributed by atoms with Crippen molar-refractivity contribution in [1.82, 2.24) is 5.32 Å². The van der Waals surface area contributed by atoms with Crippen molar-refractivity contribution in [2.75, 3.05) is 28.9 Å². The molecule has 150 valence electrons. The highest BCUT2D eigenvalue weighted by Gasteiger charge is 2.25. The van der Waals surface area contributed by atoms with Crippen LogP contribution in [-0.2, 0) is 15.8 Å². The Morgan fingerprint density at radius 2 is 1.86 bits per heavy atom. The standard InChI is InChI=1S/C20H23FN2O3S2/c21-19-6-2-1-5-17(19)15-27-13-11-22-20(24)16-7-9-18(10-8-16)23-12-3-4-14-28(23,25)26/h1-2,5-10H,3-4,11-15H2,(H,22,24). The number of anilines is 1. The van der Waals surface area contributed by atoms with E-state index in [1.54, 1.807) is 54.2 Å². The summed E-state index contributed by atoms with van der Waals surface area (Å²) in [4.78, 5) is 12.2. The van der Waals surface area contributed by atoms with Gasteiger partial charge >= 0.3 is 0 Å². The van der Waals surface area contributed by atoms with Crippen molar-refractivity contribution in [2.24, 2.45) is 0 Å². The van der Waals surface area contributed by atoms with E-state index in [4.69, 9.17) is 0 Å². The van der Waals surface area contributed by atoms with Gasteiger partial charge in [0.1, 0.15) is 5.82 Å². The van der Waals surface area contributed by atoms with E-state index in [1.165, 1.54) is 10.4 Å². The molecule has 1 aliphatic rings. The van der Waals surface area contributed by atoms with Gasteiger partial charge in [-0.15, -0.1) is 0 Å². The number of thioether (sulfide) groups is 1. The average molecular weight is 423 g/mol. The molecule has 0 radical (unpaired) electrons. The third-order valence-corrected chi connectivity index (χ3v) is 7.39. The summed E-state index contributed by atoms with van der Waals surface area (Å²) in [5, 5.41) is 2.83. The van der Waals surface area contributed by atoms with E-state index in [-0.39, 0.29) is 17.5 Å². The number of amides is 1. The van der Waals surface area contributed by atoms with Crippen LogP contribution in [0.25, 0.3) is 0 Å². The molecule has 1 fully saturated rings. The predicted molar refractivity (Wildman–Crippen MR) is 112 cm³/mol. The number of carbonyl (C=O) groups excluding carboxylic acids is 1. The van der Waals surface area contributed by atoms with Gasteiger partial charge in [0.25, 0.3) is 5.91 Å². The molecule has 0 unspecified atom stereocenters. The lowest BCUT2D eigenvalue weighted by Gasteiger charge is -2.28. The highest BCUT2D eigenvalue weighted by atomic mass is 32.2. The molecule has 0 atom stereocenters. The van der Waals surface area contributed by atoms with Gasteiger partial charge in [0.05, 0.1) is 11.4 Å². The second-order valence-electron chi connectivity index (χ2n) is 6.54. The minimum atomic E-state index is -3.25. The Bertz CT molecular complexity index is 917. The van der Waals surface area contributed by atoms with Crippen molar-refractivity contribution in [2.45, 2.75) is 18.6 Å². The van der Waals surface area contributed by atoms with Crippen LogP contribution in [0.2, 0.25) is 0 Å². The highest BCUT2D eigenvalue weighted by Crippen LogP contribution is 2.23. The first-order valence-electron chi connectivity index (χ1n) is 9.17. The van der Waals surface area contributed by atoms with Gasteiger partial charge in [-0.05, 0) is 48.7 Å². The van der Waals surface area contributed by atoms with E-state index in [9.17, 15) is 17.6 Å². The van der Waals surface area contributed by atoms with Gasteiger partial charge in [-0.2, -0.15) is 11.8 Å². The molecule has 2 aromatic carbocycles. The van der Waals surface area contributed by atoms with Crippen molar-refractivity contribution in [3.05, 3.63) is 65.5 Å². The molecule has 0 spiro atoms. The molecule has 1 aliphatic heterocycles. The van der Waals surface area contributed by atoms with Gasteiger partial charge in [-0.3, -0.25) is 9.10 Å². The summed E-state index contributed by atoms with van der Waals surface area (Å²) < 4.78 is 39.3. The van der Waals surface area contributed by atoms with Crippen LogP contribution in [0.15, 0.2) is 48.5 Å². The Hall–Kier alpha value is -2.06. The topological polar surface area (TPSA) is 66.5 Å². The van der Waals surface area contributed by atoms with Crippen LogP contribution in [0.3, 0.4) is 0 Å². The molecule has 3 rings (SSSR count). The quantitative estimate of drug-likeness (QED) is 0.695. The molecule has 0 saturated carbocycles. The van der Waals surface area contributed by atoms with Crippen molar-refractivity contribution < 1.29 is 17.6 Å². The maximum Gasteiger partial charge on any atom is 0.251 e. The maximum atomic E-state index is 13.5. The number of hydrogen-bond acceptors (Lipinski definition) is 4. The highest BCUT2D eigenvalue weighted by molar-refractivity contribution is 7.98. The number of carbonyl (C=O) groups is 1. The first-order valence-corrected chi connectivity index (χ1v) is 11.9. The Kier molecular flexibility index (Phi) is 6.96. The smallest absolute Gasteiger partial charge is 0.251 e. The van der Waals surface area contributed by atoms with Gasteiger partial charge < -0.3 is 5.32 Å². The fourth-order valence-corrected chi connectivity index (χ4v) is 5.48. The molecular formula is C20H23FN2O3S2.